The molecule has 1 aromatic carbocycles. The number of esters is 1. The van der Waals surface area contributed by atoms with Crippen molar-refractivity contribution in [2.45, 2.75) is 13.3 Å². The monoisotopic (exact) mass is 292 g/mol. The van der Waals surface area contributed by atoms with Crippen LogP contribution in [0.4, 0.5) is 5.69 Å². The Hall–Kier alpha value is -2.70. The van der Waals surface area contributed by atoms with E-state index in [2.05, 4.69) is 11.9 Å². The molecule has 7 heteroatoms. The minimum Gasteiger partial charge on any atom is -0.461 e. The van der Waals surface area contributed by atoms with Crippen LogP contribution < -0.4 is 5.32 Å². The minimum absolute atomic E-state index is 0.0476. The number of non-ortho nitro benzene ring substituents is 1. The Morgan fingerprint density at radius 3 is 2.48 bits per heavy atom. The molecule has 21 heavy (non-hydrogen) atoms. The van der Waals surface area contributed by atoms with Crippen molar-refractivity contribution in [3.63, 3.8) is 0 Å². The Balaban J connectivity index is 2.38. The van der Waals surface area contributed by atoms with Gasteiger partial charge in [0.1, 0.15) is 6.61 Å². The van der Waals surface area contributed by atoms with Gasteiger partial charge in [-0.15, -0.1) is 0 Å². The Kier molecular flexibility index (Phi) is 6.06. The predicted octanol–water partition coefficient (Wildman–Crippen LogP) is 1.83. The number of nitrogens with zero attached hydrogens (tertiary/aromatic N) is 1. The van der Waals surface area contributed by atoms with E-state index in [1.807, 2.05) is 0 Å². The summed E-state index contributed by atoms with van der Waals surface area (Å²) in [6.45, 7) is 5.63. The normalized spacial score (nSPS) is 9.76. The maximum Gasteiger partial charge on any atom is 0.307 e. The summed E-state index contributed by atoms with van der Waals surface area (Å²) in [7, 11) is 0. The van der Waals surface area contributed by atoms with Crippen molar-refractivity contribution in [1.29, 1.82) is 0 Å². The third kappa shape index (κ3) is 5.85. The van der Waals surface area contributed by atoms with Crippen molar-refractivity contribution < 1.29 is 19.2 Å². The minimum atomic E-state index is -0.542. The zero-order chi connectivity index (χ0) is 15.8. The van der Waals surface area contributed by atoms with Crippen LogP contribution in [-0.4, -0.2) is 30.0 Å². The average molecular weight is 292 g/mol. The molecule has 0 unspecified atom stereocenters. The fourth-order valence-electron chi connectivity index (χ4n) is 1.39. The van der Waals surface area contributed by atoms with Gasteiger partial charge in [0.2, 0.25) is 0 Å². The van der Waals surface area contributed by atoms with E-state index in [0.717, 1.165) is 5.57 Å². The van der Waals surface area contributed by atoms with Gasteiger partial charge in [0.05, 0.1) is 11.3 Å². The predicted molar refractivity (Wildman–Crippen MR) is 75.8 cm³/mol. The molecule has 1 amide bonds. The fraction of sp³-hybridized carbons (Fsp3) is 0.286. The van der Waals surface area contributed by atoms with Gasteiger partial charge in [-0.2, -0.15) is 0 Å². The van der Waals surface area contributed by atoms with E-state index in [4.69, 9.17) is 4.74 Å². The standard InChI is InChI=1S/C14H16N2O5/c1-10(2)9-21-13(17)7-8-15-14(18)11-3-5-12(6-4-11)16(19)20/h3-6H,1,7-9H2,2H3,(H,15,18). The molecular weight excluding hydrogens is 276 g/mol. The lowest BCUT2D eigenvalue weighted by Crippen LogP contribution is -2.26. The van der Waals surface area contributed by atoms with Gasteiger partial charge in [0.25, 0.3) is 11.6 Å². The number of nitro benzene ring substituents is 1. The van der Waals surface area contributed by atoms with Crippen molar-refractivity contribution >= 4 is 17.6 Å². The highest BCUT2D eigenvalue weighted by atomic mass is 16.6. The van der Waals surface area contributed by atoms with Crippen molar-refractivity contribution in [2.75, 3.05) is 13.2 Å². The van der Waals surface area contributed by atoms with Gasteiger partial charge < -0.3 is 10.1 Å². The van der Waals surface area contributed by atoms with Crippen LogP contribution >= 0.6 is 0 Å². The summed E-state index contributed by atoms with van der Waals surface area (Å²) < 4.78 is 4.87. The zero-order valence-corrected chi connectivity index (χ0v) is 11.6. The first-order valence-corrected chi connectivity index (χ1v) is 6.23. The van der Waals surface area contributed by atoms with Crippen LogP contribution in [0, 0.1) is 10.1 Å². The number of rotatable bonds is 7. The fourth-order valence-corrected chi connectivity index (χ4v) is 1.39. The van der Waals surface area contributed by atoms with E-state index in [-0.39, 0.29) is 30.8 Å². The number of ether oxygens (including phenoxy) is 1. The molecule has 112 valence electrons. The molecule has 1 rings (SSSR count). The second-order valence-corrected chi connectivity index (χ2v) is 4.43. The molecule has 0 heterocycles. The maximum absolute atomic E-state index is 11.7. The van der Waals surface area contributed by atoms with Gasteiger partial charge in [-0.3, -0.25) is 19.7 Å². The molecule has 7 nitrogen and oxygen atoms in total. The number of hydrogen-bond donors (Lipinski definition) is 1. The van der Waals surface area contributed by atoms with Gasteiger partial charge >= 0.3 is 5.97 Å². The Labute approximate surface area is 121 Å². The molecule has 0 fully saturated rings. The molecule has 0 saturated carbocycles. The first-order chi connectivity index (χ1) is 9.90. The van der Waals surface area contributed by atoms with Crippen LogP contribution in [-0.2, 0) is 9.53 Å². The van der Waals surface area contributed by atoms with Crippen LogP contribution in [0.5, 0.6) is 0 Å². The van der Waals surface area contributed by atoms with E-state index < -0.39 is 16.8 Å². The molecule has 0 atom stereocenters. The first kappa shape index (κ1) is 16.4. The highest BCUT2D eigenvalue weighted by molar-refractivity contribution is 5.94. The number of hydrogen-bond acceptors (Lipinski definition) is 5. The Bertz CT molecular complexity index is 551. The lowest BCUT2D eigenvalue weighted by molar-refractivity contribution is -0.384. The Morgan fingerprint density at radius 1 is 1.33 bits per heavy atom. The lowest BCUT2D eigenvalue weighted by Gasteiger charge is -2.06. The quantitative estimate of drug-likeness (QED) is 0.358. The zero-order valence-electron chi connectivity index (χ0n) is 11.6. The highest BCUT2D eigenvalue weighted by Gasteiger charge is 2.10. The van der Waals surface area contributed by atoms with Gasteiger partial charge in [0, 0.05) is 24.2 Å². The van der Waals surface area contributed by atoms with Gasteiger partial charge in [-0.1, -0.05) is 6.58 Å². The molecule has 0 aliphatic rings. The summed E-state index contributed by atoms with van der Waals surface area (Å²) >= 11 is 0. The molecule has 0 aliphatic carbocycles. The lowest BCUT2D eigenvalue weighted by atomic mass is 10.2. The topological polar surface area (TPSA) is 98.5 Å². The molecule has 0 radical (unpaired) electrons. The van der Waals surface area contributed by atoms with Gasteiger partial charge in [0.15, 0.2) is 0 Å². The third-order valence-corrected chi connectivity index (χ3v) is 2.43. The molecule has 1 N–H and O–H groups in total. The van der Waals surface area contributed by atoms with E-state index >= 15 is 0 Å². The maximum atomic E-state index is 11.7. The van der Waals surface area contributed by atoms with Crippen molar-refractivity contribution in [3.8, 4) is 0 Å². The summed E-state index contributed by atoms with van der Waals surface area (Å²) in [5.74, 6) is -0.834. The van der Waals surface area contributed by atoms with E-state index in [0.29, 0.717) is 0 Å². The second kappa shape index (κ2) is 7.78. The van der Waals surface area contributed by atoms with Crippen LogP contribution in [0.25, 0.3) is 0 Å². The average Bonchev–Trinajstić information content (AvgIpc) is 2.45. The largest absolute Gasteiger partial charge is 0.461 e. The summed E-state index contributed by atoms with van der Waals surface area (Å²) in [6, 6.07) is 5.20. The molecule has 0 bridgehead atoms. The summed E-state index contributed by atoms with van der Waals surface area (Å²) in [4.78, 5) is 33.0. The molecule has 0 spiro atoms. The van der Waals surface area contributed by atoms with Crippen LogP contribution in [0.3, 0.4) is 0 Å². The van der Waals surface area contributed by atoms with E-state index in [1.54, 1.807) is 6.92 Å². The van der Waals surface area contributed by atoms with Crippen molar-refractivity contribution in [3.05, 3.63) is 52.1 Å². The number of nitro groups is 1. The van der Waals surface area contributed by atoms with Crippen LogP contribution in [0.15, 0.2) is 36.4 Å². The SMILES string of the molecule is C=C(C)COC(=O)CCNC(=O)c1ccc([N+](=O)[O-])cc1. The van der Waals surface area contributed by atoms with Gasteiger partial charge in [-0.25, -0.2) is 0 Å². The van der Waals surface area contributed by atoms with Crippen LogP contribution in [0.2, 0.25) is 0 Å². The molecule has 0 aromatic heterocycles. The number of amides is 1. The number of nitrogens with one attached hydrogen (secondary N) is 1. The number of benzene rings is 1. The van der Waals surface area contributed by atoms with Gasteiger partial charge in [-0.05, 0) is 24.6 Å². The second-order valence-electron chi connectivity index (χ2n) is 4.43. The van der Waals surface area contributed by atoms with Crippen LogP contribution in [0.1, 0.15) is 23.7 Å². The number of carbonyl (C=O) groups excluding carboxylic acids is 2. The smallest absolute Gasteiger partial charge is 0.307 e. The molecule has 1 aromatic rings. The highest BCUT2D eigenvalue weighted by Crippen LogP contribution is 2.11. The number of carbonyl (C=O) groups is 2. The van der Waals surface area contributed by atoms with Crippen molar-refractivity contribution in [2.24, 2.45) is 0 Å². The Morgan fingerprint density at radius 2 is 1.95 bits per heavy atom. The summed E-state index contributed by atoms with van der Waals surface area (Å²) in [6.07, 6.45) is 0.0476. The summed E-state index contributed by atoms with van der Waals surface area (Å²) in [5, 5.41) is 13.0. The molecule has 0 saturated heterocycles. The first-order valence-electron chi connectivity index (χ1n) is 6.23. The summed E-state index contributed by atoms with van der Waals surface area (Å²) in [5.41, 5.74) is 0.934. The third-order valence-electron chi connectivity index (χ3n) is 2.43. The van der Waals surface area contributed by atoms with E-state index in [9.17, 15) is 19.7 Å². The van der Waals surface area contributed by atoms with E-state index in [1.165, 1.54) is 24.3 Å². The molecule has 0 aliphatic heterocycles. The van der Waals surface area contributed by atoms with Crippen molar-refractivity contribution in [1.82, 2.24) is 5.32 Å². The molecular formula is C14H16N2O5.